The molecule has 2 aromatic rings. The lowest BCUT2D eigenvalue weighted by Crippen LogP contribution is -2.07. The fraction of sp³-hybridized carbons (Fsp3) is 0.125. The number of aldehydes is 1. The van der Waals surface area contributed by atoms with Crippen LogP contribution in [0.2, 0.25) is 0 Å². The van der Waals surface area contributed by atoms with E-state index in [0.29, 0.717) is 20.9 Å². The summed E-state index contributed by atoms with van der Waals surface area (Å²) in [6, 6.07) is 1.55. The summed E-state index contributed by atoms with van der Waals surface area (Å²) in [5, 5.41) is 0.484. The van der Waals surface area contributed by atoms with E-state index in [1.807, 2.05) is 0 Å². The molecule has 0 bridgehead atoms. The summed E-state index contributed by atoms with van der Waals surface area (Å²) >= 11 is 1.23. The molecule has 0 fully saturated rings. The Labute approximate surface area is 77.2 Å². The number of hydrogen-bond acceptors (Lipinski definition) is 4. The van der Waals surface area contributed by atoms with Crippen molar-refractivity contribution in [2.75, 3.05) is 0 Å². The van der Waals surface area contributed by atoms with Gasteiger partial charge in [0.2, 0.25) is 0 Å². The van der Waals surface area contributed by atoms with Gasteiger partial charge in [0.1, 0.15) is 10.7 Å². The Hall–Kier alpha value is -1.49. The Morgan fingerprint density at radius 1 is 1.62 bits per heavy atom. The van der Waals surface area contributed by atoms with Crippen LogP contribution in [0.15, 0.2) is 10.9 Å². The highest BCUT2D eigenvalue weighted by Gasteiger charge is 2.05. The second-order valence-electron chi connectivity index (χ2n) is 2.64. The average molecular weight is 194 g/mol. The van der Waals surface area contributed by atoms with Crippen molar-refractivity contribution in [2.24, 2.45) is 0 Å². The summed E-state index contributed by atoms with van der Waals surface area (Å²) in [4.78, 5) is 29.6. The van der Waals surface area contributed by atoms with Gasteiger partial charge in [-0.25, -0.2) is 4.98 Å². The molecule has 0 amide bonds. The van der Waals surface area contributed by atoms with Crippen LogP contribution in [0, 0.1) is 6.92 Å². The highest BCUT2D eigenvalue weighted by atomic mass is 32.1. The minimum absolute atomic E-state index is 0.188. The molecule has 2 rings (SSSR count). The van der Waals surface area contributed by atoms with Gasteiger partial charge in [-0.05, 0) is 13.0 Å². The molecule has 5 heteroatoms. The molecule has 0 aromatic carbocycles. The van der Waals surface area contributed by atoms with E-state index in [-0.39, 0.29) is 5.56 Å². The normalized spacial score (nSPS) is 10.5. The van der Waals surface area contributed by atoms with Crippen molar-refractivity contribution < 1.29 is 4.79 Å². The van der Waals surface area contributed by atoms with Gasteiger partial charge in [0, 0.05) is 0 Å². The second-order valence-corrected chi connectivity index (χ2v) is 3.70. The van der Waals surface area contributed by atoms with Gasteiger partial charge in [-0.3, -0.25) is 9.59 Å². The van der Waals surface area contributed by atoms with Crippen molar-refractivity contribution in [1.29, 1.82) is 0 Å². The third kappa shape index (κ3) is 1.27. The number of aromatic nitrogens is 2. The third-order valence-electron chi connectivity index (χ3n) is 1.66. The molecule has 0 radical (unpaired) electrons. The molecule has 0 saturated carbocycles. The van der Waals surface area contributed by atoms with Crippen LogP contribution in [0.4, 0.5) is 0 Å². The first-order chi connectivity index (χ1) is 6.20. The van der Waals surface area contributed by atoms with Crippen molar-refractivity contribution >= 4 is 27.8 Å². The van der Waals surface area contributed by atoms with Crippen LogP contribution in [0.25, 0.3) is 10.2 Å². The molecule has 0 unspecified atom stereocenters. The first-order valence-electron chi connectivity index (χ1n) is 3.66. The van der Waals surface area contributed by atoms with Gasteiger partial charge in [-0.15, -0.1) is 11.3 Å². The lowest BCUT2D eigenvalue weighted by atomic mass is 10.4. The van der Waals surface area contributed by atoms with E-state index in [9.17, 15) is 9.59 Å². The van der Waals surface area contributed by atoms with Gasteiger partial charge < -0.3 is 4.98 Å². The monoisotopic (exact) mass is 194 g/mol. The molecule has 0 aliphatic heterocycles. The van der Waals surface area contributed by atoms with Gasteiger partial charge in [0.25, 0.3) is 5.56 Å². The molecule has 0 aliphatic rings. The van der Waals surface area contributed by atoms with Crippen molar-refractivity contribution in [3.05, 3.63) is 27.1 Å². The Morgan fingerprint density at radius 2 is 2.38 bits per heavy atom. The maximum absolute atomic E-state index is 11.3. The number of carbonyl (C=O) groups excluding carboxylic acids is 1. The minimum Gasteiger partial charge on any atom is -0.310 e. The summed E-state index contributed by atoms with van der Waals surface area (Å²) < 4.78 is 0. The summed E-state index contributed by atoms with van der Waals surface area (Å²) in [7, 11) is 0. The third-order valence-corrected chi connectivity index (χ3v) is 2.61. The summed E-state index contributed by atoms with van der Waals surface area (Å²) in [5.74, 6) is 0.566. The number of H-pyrrole nitrogens is 1. The minimum atomic E-state index is -0.188. The van der Waals surface area contributed by atoms with E-state index in [1.165, 1.54) is 11.3 Å². The van der Waals surface area contributed by atoms with E-state index < -0.39 is 0 Å². The largest absolute Gasteiger partial charge is 0.310 e. The molecule has 1 N–H and O–H groups in total. The van der Waals surface area contributed by atoms with Gasteiger partial charge in [0.15, 0.2) is 6.29 Å². The van der Waals surface area contributed by atoms with E-state index in [2.05, 4.69) is 9.97 Å². The number of rotatable bonds is 1. The lowest BCUT2D eigenvalue weighted by Gasteiger charge is -1.89. The smallest absolute Gasteiger partial charge is 0.259 e. The zero-order chi connectivity index (χ0) is 9.42. The standard InChI is InChI=1S/C8H6N2O2S/c1-4-9-7(12)6-2-5(3-11)13-8(6)10-4/h2-3H,1H3,(H,9,10,12). The Bertz CT molecular complexity index is 526. The molecule has 0 atom stereocenters. The first-order valence-corrected chi connectivity index (χ1v) is 4.48. The zero-order valence-corrected chi connectivity index (χ0v) is 7.64. The van der Waals surface area contributed by atoms with Crippen LogP contribution < -0.4 is 5.56 Å². The molecule has 4 nitrogen and oxygen atoms in total. The van der Waals surface area contributed by atoms with Crippen LogP contribution in [-0.2, 0) is 0 Å². The summed E-state index contributed by atoms with van der Waals surface area (Å²) in [6.07, 6.45) is 0.723. The van der Waals surface area contributed by atoms with Crippen molar-refractivity contribution in [2.45, 2.75) is 6.92 Å². The number of aromatic amines is 1. The highest BCUT2D eigenvalue weighted by Crippen LogP contribution is 2.18. The van der Waals surface area contributed by atoms with Crippen LogP contribution >= 0.6 is 11.3 Å². The molecule has 0 aliphatic carbocycles. The predicted octanol–water partition coefficient (Wildman–Crippen LogP) is 1.11. The predicted molar refractivity (Wildman–Crippen MR) is 50.4 cm³/mol. The van der Waals surface area contributed by atoms with Gasteiger partial charge in [-0.1, -0.05) is 0 Å². The summed E-state index contributed by atoms with van der Waals surface area (Å²) in [6.45, 7) is 1.71. The topological polar surface area (TPSA) is 62.8 Å². The molecule has 2 aromatic heterocycles. The Balaban J connectivity index is 2.90. The number of thiophene rings is 1. The maximum atomic E-state index is 11.3. The van der Waals surface area contributed by atoms with E-state index in [4.69, 9.17) is 0 Å². The molecule has 66 valence electrons. The number of fused-ring (bicyclic) bond motifs is 1. The maximum Gasteiger partial charge on any atom is 0.259 e. The highest BCUT2D eigenvalue weighted by molar-refractivity contribution is 7.20. The molecule has 0 spiro atoms. The van der Waals surface area contributed by atoms with Gasteiger partial charge in [-0.2, -0.15) is 0 Å². The van der Waals surface area contributed by atoms with Gasteiger partial charge >= 0.3 is 0 Å². The number of aryl methyl sites for hydroxylation is 1. The van der Waals surface area contributed by atoms with Crippen LogP contribution in [-0.4, -0.2) is 16.3 Å². The molecule has 13 heavy (non-hydrogen) atoms. The molecular formula is C8H6N2O2S. The Morgan fingerprint density at radius 3 is 3.08 bits per heavy atom. The van der Waals surface area contributed by atoms with Crippen LogP contribution in [0.3, 0.4) is 0 Å². The quantitative estimate of drug-likeness (QED) is 0.691. The van der Waals surface area contributed by atoms with Crippen molar-refractivity contribution in [3.63, 3.8) is 0 Å². The van der Waals surface area contributed by atoms with Crippen molar-refractivity contribution in [3.8, 4) is 0 Å². The zero-order valence-electron chi connectivity index (χ0n) is 6.83. The van der Waals surface area contributed by atoms with Gasteiger partial charge in [0.05, 0.1) is 10.3 Å². The SMILES string of the molecule is Cc1nc2sc(C=O)cc2c(=O)[nH]1. The number of nitrogens with zero attached hydrogens (tertiary/aromatic N) is 1. The van der Waals surface area contributed by atoms with Crippen molar-refractivity contribution in [1.82, 2.24) is 9.97 Å². The molecule has 2 heterocycles. The fourth-order valence-corrected chi connectivity index (χ4v) is 2.01. The summed E-state index contributed by atoms with van der Waals surface area (Å²) in [5.41, 5.74) is -0.188. The first kappa shape index (κ1) is 8.12. The Kier molecular flexibility index (Phi) is 1.73. The van der Waals surface area contributed by atoms with Crippen LogP contribution in [0.1, 0.15) is 15.5 Å². The average Bonchev–Trinajstić information content (AvgIpc) is 2.47. The molecular weight excluding hydrogens is 188 g/mol. The number of nitrogens with one attached hydrogen (secondary N) is 1. The lowest BCUT2D eigenvalue weighted by molar-refractivity contribution is 0.112. The van der Waals surface area contributed by atoms with E-state index in [1.54, 1.807) is 13.0 Å². The second kappa shape index (κ2) is 2.77. The molecule has 0 saturated heterocycles. The van der Waals surface area contributed by atoms with E-state index >= 15 is 0 Å². The number of carbonyl (C=O) groups is 1. The van der Waals surface area contributed by atoms with E-state index in [0.717, 1.165) is 6.29 Å². The fourth-order valence-electron chi connectivity index (χ4n) is 1.12. The van der Waals surface area contributed by atoms with Crippen LogP contribution in [0.5, 0.6) is 0 Å². The number of hydrogen-bond donors (Lipinski definition) is 1.